The molecule has 0 bridgehead atoms. The Morgan fingerprint density at radius 3 is 2.56 bits per heavy atom. The first kappa shape index (κ1) is 14.7. The van der Waals surface area contributed by atoms with Gasteiger partial charge in [0.05, 0.1) is 6.04 Å². The normalized spacial score (nSPS) is 13.7. The fraction of sp³-hybridized carbons (Fsp3) is 0.333. The van der Waals surface area contributed by atoms with E-state index in [9.17, 15) is 9.59 Å². The number of nitrogens with two attached hydrogens (primary N) is 1. The smallest absolute Gasteiger partial charge is 0.318 e. The molecule has 0 aliphatic carbocycles. The van der Waals surface area contributed by atoms with E-state index in [1.54, 1.807) is 6.92 Å². The first-order valence-corrected chi connectivity index (χ1v) is 6.31. The fourth-order valence-corrected chi connectivity index (χ4v) is 1.97. The first-order chi connectivity index (χ1) is 8.40. The number of rotatable bonds is 4. The molecule has 0 saturated heterocycles. The molecule has 2 atom stereocenters. The third-order valence-corrected chi connectivity index (χ3v) is 2.98. The van der Waals surface area contributed by atoms with E-state index in [1.807, 2.05) is 36.5 Å². The molecule has 5 nitrogen and oxygen atoms in total. The van der Waals surface area contributed by atoms with Gasteiger partial charge in [-0.3, -0.25) is 15.4 Å². The second-order valence-electron chi connectivity index (χ2n) is 4.02. The van der Waals surface area contributed by atoms with Crippen molar-refractivity contribution in [2.24, 2.45) is 5.73 Å². The van der Waals surface area contributed by atoms with Crippen molar-refractivity contribution in [3.05, 3.63) is 34.3 Å². The Morgan fingerprint density at radius 2 is 2.00 bits per heavy atom. The van der Waals surface area contributed by atoms with Gasteiger partial charge >= 0.3 is 6.03 Å². The molecule has 0 radical (unpaired) electrons. The highest BCUT2D eigenvalue weighted by molar-refractivity contribution is 9.10. The molecule has 0 aliphatic rings. The molecule has 6 heteroatoms. The van der Waals surface area contributed by atoms with Crippen LogP contribution in [0, 0.1) is 0 Å². The molecule has 3 amide bonds. The summed E-state index contributed by atoms with van der Waals surface area (Å²) in [6.45, 7) is 3.61. The monoisotopic (exact) mass is 313 g/mol. The molecular weight excluding hydrogens is 298 g/mol. The van der Waals surface area contributed by atoms with Crippen LogP contribution < -0.4 is 16.4 Å². The molecule has 2 unspecified atom stereocenters. The van der Waals surface area contributed by atoms with Gasteiger partial charge in [0, 0.05) is 10.5 Å². The largest absolute Gasteiger partial charge is 0.351 e. The van der Waals surface area contributed by atoms with Gasteiger partial charge < -0.3 is 5.73 Å². The van der Waals surface area contributed by atoms with Crippen molar-refractivity contribution in [1.29, 1.82) is 0 Å². The average Bonchev–Trinajstić information content (AvgIpc) is 2.27. The number of hydrogen-bond donors (Lipinski definition) is 3. The van der Waals surface area contributed by atoms with E-state index < -0.39 is 18.0 Å². The predicted molar refractivity (Wildman–Crippen MR) is 72.9 cm³/mol. The zero-order valence-electron chi connectivity index (χ0n) is 10.2. The van der Waals surface area contributed by atoms with Crippen molar-refractivity contribution in [3.63, 3.8) is 0 Å². The summed E-state index contributed by atoms with van der Waals surface area (Å²) in [6.07, 6.45) is 0. The number of primary amides is 1. The molecule has 0 fully saturated rings. The lowest BCUT2D eigenvalue weighted by atomic mass is 10.1. The summed E-state index contributed by atoms with van der Waals surface area (Å²) in [5.74, 6) is -0.440. The van der Waals surface area contributed by atoms with Gasteiger partial charge in [-0.25, -0.2) is 4.79 Å². The van der Waals surface area contributed by atoms with Crippen LogP contribution in [0.2, 0.25) is 0 Å². The van der Waals surface area contributed by atoms with E-state index in [0.717, 1.165) is 10.0 Å². The summed E-state index contributed by atoms with van der Waals surface area (Å²) >= 11 is 3.39. The number of halogens is 1. The minimum atomic E-state index is -0.844. The maximum absolute atomic E-state index is 11.5. The summed E-state index contributed by atoms with van der Waals surface area (Å²) in [6, 6.07) is 6.41. The summed E-state index contributed by atoms with van der Waals surface area (Å²) < 4.78 is 0.975. The molecule has 18 heavy (non-hydrogen) atoms. The Morgan fingerprint density at radius 1 is 1.33 bits per heavy atom. The molecule has 98 valence electrons. The number of benzene rings is 1. The number of nitrogens with one attached hydrogen (secondary N) is 2. The highest BCUT2D eigenvalue weighted by Gasteiger charge is 2.17. The lowest BCUT2D eigenvalue weighted by Crippen LogP contribution is -2.47. The molecule has 1 aromatic rings. The van der Waals surface area contributed by atoms with Gasteiger partial charge in [0.25, 0.3) is 0 Å². The van der Waals surface area contributed by atoms with E-state index in [0.29, 0.717) is 0 Å². The summed E-state index contributed by atoms with van der Waals surface area (Å²) in [7, 11) is 0. The molecule has 0 aromatic heterocycles. The number of carbonyl (C=O) groups is 2. The van der Waals surface area contributed by atoms with Gasteiger partial charge in [-0.05, 0) is 31.5 Å². The molecule has 0 heterocycles. The van der Waals surface area contributed by atoms with Crippen LogP contribution in [0.15, 0.2) is 28.7 Å². The van der Waals surface area contributed by atoms with Crippen LogP contribution in [0.25, 0.3) is 0 Å². The van der Waals surface area contributed by atoms with Gasteiger partial charge in [-0.15, -0.1) is 0 Å². The second-order valence-corrected chi connectivity index (χ2v) is 4.93. The first-order valence-electron chi connectivity index (χ1n) is 5.52. The number of urea groups is 1. The highest BCUT2D eigenvalue weighted by Crippen LogP contribution is 2.18. The van der Waals surface area contributed by atoms with Gasteiger partial charge in [0.15, 0.2) is 0 Å². The van der Waals surface area contributed by atoms with Crippen molar-refractivity contribution >= 4 is 27.9 Å². The Labute approximate surface area is 114 Å². The van der Waals surface area contributed by atoms with Gasteiger partial charge in [0.2, 0.25) is 5.91 Å². The van der Waals surface area contributed by atoms with E-state index in [4.69, 9.17) is 5.73 Å². The van der Waals surface area contributed by atoms with Crippen LogP contribution in [0.5, 0.6) is 0 Å². The Hall–Kier alpha value is -1.40. The lowest BCUT2D eigenvalue weighted by Gasteiger charge is -2.19. The van der Waals surface area contributed by atoms with Crippen molar-refractivity contribution in [2.45, 2.75) is 25.9 Å². The summed E-state index contributed by atoms with van der Waals surface area (Å²) in [4.78, 5) is 22.1. The van der Waals surface area contributed by atoms with Crippen molar-refractivity contribution < 1.29 is 9.59 Å². The van der Waals surface area contributed by atoms with Crippen LogP contribution in [-0.2, 0) is 4.79 Å². The zero-order chi connectivity index (χ0) is 13.7. The number of imide groups is 1. The second kappa shape index (κ2) is 6.51. The fourth-order valence-electron chi connectivity index (χ4n) is 1.55. The van der Waals surface area contributed by atoms with Crippen LogP contribution in [0.4, 0.5) is 4.79 Å². The zero-order valence-corrected chi connectivity index (χ0v) is 11.8. The molecule has 0 saturated carbocycles. The SMILES string of the molecule is CC(NC(C)c1cccc(Br)c1)C(=O)NC(N)=O. The summed E-state index contributed by atoms with van der Waals surface area (Å²) in [5, 5.41) is 5.13. The standard InChI is InChI=1S/C12H16BrN3O2/c1-7(9-4-3-5-10(13)6-9)15-8(2)11(17)16-12(14)18/h3-8,15H,1-2H3,(H3,14,16,17,18). The van der Waals surface area contributed by atoms with Crippen molar-refractivity contribution in [3.8, 4) is 0 Å². The summed E-state index contributed by atoms with van der Waals surface area (Å²) in [5.41, 5.74) is 5.93. The maximum atomic E-state index is 11.5. The van der Waals surface area contributed by atoms with Gasteiger partial charge in [-0.1, -0.05) is 28.1 Å². The van der Waals surface area contributed by atoms with E-state index in [2.05, 4.69) is 21.2 Å². The van der Waals surface area contributed by atoms with Crippen LogP contribution >= 0.6 is 15.9 Å². The highest BCUT2D eigenvalue weighted by atomic mass is 79.9. The third-order valence-electron chi connectivity index (χ3n) is 2.49. The molecular formula is C12H16BrN3O2. The number of amides is 3. The molecule has 1 aromatic carbocycles. The maximum Gasteiger partial charge on any atom is 0.318 e. The third kappa shape index (κ3) is 4.46. The Balaban J connectivity index is 2.61. The topological polar surface area (TPSA) is 84.2 Å². The van der Waals surface area contributed by atoms with Crippen LogP contribution in [0.1, 0.15) is 25.5 Å². The minimum Gasteiger partial charge on any atom is -0.351 e. The van der Waals surface area contributed by atoms with Gasteiger partial charge in [-0.2, -0.15) is 0 Å². The molecule has 1 rings (SSSR count). The van der Waals surface area contributed by atoms with E-state index in [-0.39, 0.29) is 6.04 Å². The predicted octanol–water partition coefficient (Wildman–Crippen LogP) is 1.68. The Kier molecular flexibility index (Phi) is 5.30. The number of carbonyl (C=O) groups excluding carboxylic acids is 2. The van der Waals surface area contributed by atoms with E-state index >= 15 is 0 Å². The van der Waals surface area contributed by atoms with Crippen LogP contribution in [0.3, 0.4) is 0 Å². The average molecular weight is 314 g/mol. The van der Waals surface area contributed by atoms with Crippen molar-refractivity contribution in [1.82, 2.24) is 10.6 Å². The van der Waals surface area contributed by atoms with Crippen molar-refractivity contribution in [2.75, 3.05) is 0 Å². The molecule has 0 aliphatic heterocycles. The molecule has 4 N–H and O–H groups in total. The molecule has 0 spiro atoms. The van der Waals surface area contributed by atoms with E-state index in [1.165, 1.54) is 0 Å². The lowest BCUT2D eigenvalue weighted by molar-refractivity contribution is -0.121. The quantitative estimate of drug-likeness (QED) is 0.790. The van der Waals surface area contributed by atoms with Gasteiger partial charge in [0.1, 0.15) is 0 Å². The number of hydrogen-bond acceptors (Lipinski definition) is 3. The minimum absolute atomic E-state index is 0.0175. The van der Waals surface area contributed by atoms with Crippen LogP contribution in [-0.4, -0.2) is 18.0 Å². The Bertz CT molecular complexity index is 451.